The minimum absolute atomic E-state index is 0.107. The lowest BCUT2D eigenvalue weighted by atomic mass is 9.58. The van der Waals surface area contributed by atoms with Crippen molar-refractivity contribution in [3.63, 3.8) is 0 Å². The second-order valence-corrected chi connectivity index (χ2v) is 23.0. The smallest absolute Gasteiger partial charge is 0.0465 e. The van der Waals surface area contributed by atoms with Gasteiger partial charge in [0.2, 0.25) is 0 Å². The van der Waals surface area contributed by atoms with E-state index in [2.05, 4.69) is 245 Å². The molecule has 70 heavy (non-hydrogen) atoms. The van der Waals surface area contributed by atoms with Gasteiger partial charge in [-0.15, -0.1) is 0 Å². The summed E-state index contributed by atoms with van der Waals surface area (Å²) in [5.74, 6) is 3.16. The van der Waals surface area contributed by atoms with Gasteiger partial charge in [0.05, 0.1) is 0 Å². The molecule has 2 bridgehead atoms. The van der Waals surface area contributed by atoms with Crippen molar-refractivity contribution in [2.45, 2.75) is 103 Å². The van der Waals surface area contributed by atoms with Crippen LogP contribution in [0.2, 0.25) is 0 Å². The Bertz CT molecular complexity index is 3110. The first kappa shape index (κ1) is 44.6. The standard InChI is InChI=1S/C68H68N2/c1-66(2,3)53-19-16-42-68(46-53,51-30-36-57(37-31-51)69(54-20-11-7-12-21-54)56-34-28-49(29-35-56)62-44-47-26-27-50(62)43-47)52-32-38-58(39-33-52)70(55-22-13-8-14-23-55)59-40-41-61-64(45-59)67(4,5)63-25-15-24-60(65(61)63)48-17-9-6-10-18-48/h6-15,17-18,20-25,28-41,45,47,50,53,62H,16,19,26-27,42-44,46H2,1-5H3. The van der Waals surface area contributed by atoms with Gasteiger partial charge in [-0.25, -0.2) is 0 Å². The molecule has 2 heteroatoms. The predicted octanol–water partition coefficient (Wildman–Crippen LogP) is 19.0. The Morgan fingerprint density at radius 2 is 1.01 bits per heavy atom. The molecular weight excluding hydrogens is 845 g/mol. The fourth-order valence-corrected chi connectivity index (χ4v) is 13.9. The molecule has 4 aliphatic rings. The van der Waals surface area contributed by atoms with Gasteiger partial charge in [0.25, 0.3) is 0 Å². The predicted molar refractivity (Wildman–Crippen MR) is 296 cm³/mol. The summed E-state index contributed by atoms with van der Waals surface area (Å²) < 4.78 is 0. The first-order valence-electron chi connectivity index (χ1n) is 26.4. The number of nitrogens with zero attached hydrogens (tertiary/aromatic N) is 2. The Morgan fingerprint density at radius 1 is 0.471 bits per heavy atom. The van der Waals surface area contributed by atoms with Crippen molar-refractivity contribution in [2.75, 3.05) is 9.80 Å². The van der Waals surface area contributed by atoms with Gasteiger partial charge in [0, 0.05) is 45.0 Å². The van der Waals surface area contributed by atoms with E-state index in [-0.39, 0.29) is 16.2 Å². The first-order chi connectivity index (χ1) is 34.0. The second kappa shape index (κ2) is 17.6. The van der Waals surface area contributed by atoms with Crippen LogP contribution in [0.4, 0.5) is 34.1 Å². The summed E-state index contributed by atoms with van der Waals surface area (Å²) in [5.41, 5.74) is 19.5. The molecule has 4 aliphatic carbocycles. The summed E-state index contributed by atoms with van der Waals surface area (Å²) in [5, 5.41) is 0. The topological polar surface area (TPSA) is 6.48 Å². The molecule has 350 valence electrons. The zero-order valence-electron chi connectivity index (χ0n) is 41.9. The highest BCUT2D eigenvalue weighted by atomic mass is 15.1. The number of rotatable bonds is 10. The summed E-state index contributed by atoms with van der Waals surface area (Å²) in [4.78, 5) is 4.91. The molecule has 5 unspecified atom stereocenters. The molecule has 0 amide bonds. The number of para-hydroxylation sites is 2. The van der Waals surface area contributed by atoms with Crippen molar-refractivity contribution in [2.24, 2.45) is 23.2 Å². The summed E-state index contributed by atoms with van der Waals surface area (Å²) in [6, 6.07) is 75.9. The van der Waals surface area contributed by atoms with Crippen LogP contribution in [0, 0.1) is 23.2 Å². The summed E-state index contributed by atoms with van der Waals surface area (Å²) >= 11 is 0. The van der Waals surface area contributed by atoms with Crippen molar-refractivity contribution in [3.05, 3.63) is 228 Å². The molecule has 2 nitrogen and oxygen atoms in total. The van der Waals surface area contributed by atoms with Crippen LogP contribution in [-0.4, -0.2) is 0 Å². The molecule has 0 radical (unpaired) electrons. The fourth-order valence-electron chi connectivity index (χ4n) is 13.9. The number of hydrogen-bond donors (Lipinski definition) is 0. The monoisotopic (exact) mass is 913 g/mol. The molecule has 0 aliphatic heterocycles. The van der Waals surface area contributed by atoms with Crippen LogP contribution >= 0.6 is 0 Å². The third kappa shape index (κ3) is 7.79. The molecule has 0 aromatic heterocycles. The van der Waals surface area contributed by atoms with Gasteiger partial charge in [0.1, 0.15) is 0 Å². The van der Waals surface area contributed by atoms with E-state index in [1.165, 1.54) is 117 Å². The first-order valence-corrected chi connectivity index (χ1v) is 26.4. The van der Waals surface area contributed by atoms with Crippen molar-refractivity contribution in [3.8, 4) is 22.3 Å². The molecule has 5 atom stereocenters. The lowest BCUT2D eigenvalue weighted by molar-refractivity contribution is 0.137. The van der Waals surface area contributed by atoms with Crippen LogP contribution in [0.25, 0.3) is 22.3 Å². The van der Waals surface area contributed by atoms with E-state index in [1.54, 1.807) is 0 Å². The van der Waals surface area contributed by atoms with Crippen LogP contribution in [0.15, 0.2) is 200 Å². The van der Waals surface area contributed by atoms with E-state index in [4.69, 9.17) is 0 Å². The van der Waals surface area contributed by atoms with Crippen molar-refractivity contribution in [1.82, 2.24) is 0 Å². The quantitative estimate of drug-likeness (QED) is 0.135. The van der Waals surface area contributed by atoms with Crippen molar-refractivity contribution < 1.29 is 0 Å². The Morgan fingerprint density at radius 3 is 1.57 bits per heavy atom. The van der Waals surface area contributed by atoms with Gasteiger partial charge in [0.15, 0.2) is 0 Å². The highest BCUT2D eigenvalue weighted by Gasteiger charge is 2.44. The molecule has 8 aromatic rings. The lowest BCUT2D eigenvalue weighted by Gasteiger charge is -2.46. The molecule has 0 heterocycles. The van der Waals surface area contributed by atoms with E-state index in [9.17, 15) is 0 Å². The molecule has 0 spiro atoms. The highest BCUT2D eigenvalue weighted by molar-refractivity contribution is 5.94. The molecule has 3 fully saturated rings. The zero-order valence-corrected chi connectivity index (χ0v) is 41.9. The average molecular weight is 913 g/mol. The van der Waals surface area contributed by atoms with Gasteiger partial charge >= 0.3 is 0 Å². The van der Waals surface area contributed by atoms with E-state index >= 15 is 0 Å². The lowest BCUT2D eigenvalue weighted by Crippen LogP contribution is -2.38. The van der Waals surface area contributed by atoms with E-state index in [0.717, 1.165) is 36.3 Å². The molecule has 0 saturated heterocycles. The van der Waals surface area contributed by atoms with E-state index in [1.807, 2.05) is 0 Å². The largest absolute Gasteiger partial charge is 0.311 e. The zero-order chi connectivity index (χ0) is 47.6. The third-order valence-corrected chi connectivity index (χ3v) is 17.7. The normalized spacial score (nSPS) is 22.1. The van der Waals surface area contributed by atoms with E-state index < -0.39 is 0 Å². The molecule has 12 rings (SSSR count). The molecule has 8 aromatic carbocycles. The maximum atomic E-state index is 2.47. The van der Waals surface area contributed by atoms with Crippen LogP contribution in [-0.2, 0) is 10.8 Å². The minimum atomic E-state index is -0.151. The van der Waals surface area contributed by atoms with Crippen LogP contribution < -0.4 is 9.80 Å². The number of anilines is 6. The molecule has 3 saturated carbocycles. The second-order valence-electron chi connectivity index (χ2n) is 23.0. The van der Waals surface area contributed by atoms with Crippen molar-refractivity contribution in [1.29, 1.82) is 0 Å². The maximum absolute atomic E-state index is 2.47. The number of hydrogen-bond acceptors (Lipinski definition) is 2. The van der Waals surface area contributed by atoms with Gasteiger partial charge in [-0.2, -0.15) is 0 Å². The van der Waals surface area contributed by atoms with Crippen LogP contribution in [0.3, 0.4) is 0 Å². The van der Waals surface area contributed by atoms with Crippen LogP contribution in [0.1, 0.15) is 120 Å². The SMILES string of the molecule is CC1(C)c2cc(N(c3ccccc3)c3ccc(C4(c5ccc(N(c6ccccc6)c6ccc(C7CC8CCC7C8)cc6)cc5)CCCC(C(C)(C)C)C4)cc3)ccc2-c2c(-c3ccccc3)cccc21. The summed E-state index contributed by atoms with van der Waals surface area (Å²) in [6.07, 6.45) is 10.4. The van der Waals surface area contributed by atoms with Gasteiger partial charge < -0.3 is 9.80 Å². The minimum Gasteiger partial charge on any atom is -0.311 e. The Balaban J connectivity index is 0.908. The Hall–Kier alpha value is -6.64. The fraction of sp³-hybridized carbons (Fsp3) is 0.294. The van der Waals surface area contributed by atoms with Gasteiger partial charge in [-0.3, -0.25) is 0 Å². The van der Waals surface area contributed by atoms with Crippen LogP contribution in [0.5, 0.6) is 0 Å². The summed E-state index contributed by atoms with van der Waals surface area (Å²) in [6.45, 7) is 12.2. The van der Waals surface area contributed by atoms with Gasteiger partial charge in [-0.1, -0.05) is 175 Å². The van der Waals surface area contributed by atoms with E-state index in [0.29, 0.717) is 5.92 Å². The number of benzene rings is 8. The summed E-state index contributed by atoms with van der Waals surface area (Å²) in [7, 11) is 0. The van der Waals surface area contributed by atoms with Crippen molar-refractivity contribution >= 4 is 34.1 Å². The van der Waals surface area contributed by atoms with Gasteiger partial charge in [-0.05, 0) is 190 Å². The molecule has 0 N–H and O–H groups in total. The highest BCUT2D eigenvalue weighted by Crippen LogP contribution is 2.56. The Kier molecular flexibility index (Phi) is 11.2. The average Bonchev–Trinajstić information content (AvgIpc) is 4.10. The number of fused-ring (bicyclic) bond motifs is 5. The molecular formula is C68H68N2. The third-order valence-electron chi connectivity index (χ3n) is 17.7. The maximum Gasteiger partial charge on any atom is 0.0465 e. The Labute approximate surface area is 418 Å².